The number of urea groups is 1. The van der Waals surface area contributed by atoms with Gasteiger partial charge in [-0.1, -0.05) is 36.2 Å². The smallest absolute Gasteiger partial charge is 0.335 e. The maximum atomic E-state index is 11.5. The van der Waals surface area contributed by atoms with Crippen molar-refractivity contribution in [2.45, 2.75) is 31.6 Å². The average molecular weight is 538 g/mol. The van der Waals surface area contributed by atoms with Crippen molar-refractivity contribution >= 4 is 35.9 Å². The first-order chi connectivity index (χ1) is 17.7. The highest BCUT2D eigenvalue weighted by molar-refractivity contribution is 7.97. The van der Waals surface area contributed by atoms with Crippen LogP contribution in [0.15, 0.2) is 36.7 Å². The Hall–Kier alpha value is -3.46. The highest BCUT2D eigenvalue weighted by Crippen LogP contribution is 2.12. The lowest BCUT2D eigenvalue weighted by molar-refractivity contribution is -0.165. The summed E-state index contributed by atoms with van der Waals surface area (Å²) in [7, 11) is 0. The molecule has 37 heavy (non-hydrogen) atoms. The van der Waals surface area contributed by atoms with Crippen molar-refractivity contribution in [3.63, 3.8) is 0 Å². The monoisotopic (exact) mass is 537 g/mol. The summed E-state index contributed by atoms with van der Waals surface area (Å²) in [6.07, 6.45) is 2.90. The number of ether oxygens (including phenoxy) is 1. The Morgan fingerprint density at radius 3 is 2.14 bits per heavy atom. The number of amides is 2. The van der Waals surface area contributed by atoms with Gasteiger partial charge >= 0.3 is 18.0 Å². The van der Waals surface area contributed by atoms with E-state index in [0.717, 1.165) is 56.2 Å². The fourth-order valence-corrected chi connectivity index (χ4v) is 3.43. The van der Waals surface area contributed by atoms with Crippen LogP contribution in [-0.4, -0.2) is 93.1 Å². The summed E-state index contributed by atoms with van der Waals surface area (Å²) in [4.78, 5) is 42.2. The molecule has 2 atom stereocenters. The van der Waals surface area contributed by atoms with Crippen LogP contribution in [0, 0.1) is 0 Å². The minimum absolute atomic E-state index is 0.176. The molecule has 2 aromatic rings. The number of nitrogens with zero attached hydrogens (tertiary/aromatic N) is 3. The molecule has 0 aliphatic carbocycles. The zero-order valence-electron chi connectivity index (χ0n) is 20.2. The summed E-state index contributed by atoms with van der Waals surface area (Å²) in [5, 5.41) is 35.4. The van der Waals surface area contributed by atoms with Crippen LogP contribution in [0.1, 0.15) is 16.7 Å². The van der Waals surface area contributed by atoms with Gasteiger partial charge in [-0.25, -0.2) is 24.4 Å². The van der Waals surface area contributed by atoms with Gasteiger partial charge in [-0.15, -0.1) is 0 Å². The second-order valence-electron chi connectivity index (χ2n) is 7.87. The van der Waals surface area contributed by atoms with E-state index in [9.17, 15) is 14.4 Å². The molecule has 0 bridgehead atoms. The van der Waals surface area contributed by atoms with Gasteiger partial charge in [-0.2, -0.15) is 0 Å². The van der Waals surface area contributed by atoms with Crippen LogP contribution in [0.25, 0.3) is 0 Å². The van der Waals surface area contributed by atoms with E-state index in [2.05, 4.69) is 37.0 Å². The summed E-state index contributed by atoms with van der Waals surface area (Å²) in [6, 6.07) is 8.10. The first-order valence-corrected chi connectivity index (χ1v) is 12.5. The number of aryl methyl sites for hydroxylation is 2. The van der Waals surface area contributed by atoms with Crippen LogP contribution < -0.4 is 14.9 Å². The number of hydrogen-bond donors (Lipinski definition) is 6. The second-order valence-corrected chi connectivity index (χ2v) is 8.48. The lowest BCUT2D eigenvalue weighted by atomic mass is 10.0. The fraction of sp³-hybridized carbons (Fsp3) is 0.435. The third-order valence-electron chi connectivity index (χ3n) is 5.13. The molecule has 1 saturated heterocycles. The zero-order chi connectivity index (χ0) is 27.2. The Labute approximate surface area is 218 Å². The molecular weight excluding hydrogens is 506 g/mol. The minimum atomic E-state index is -2.27. The predicted octanol–water partition coefficient (Wildman–Crippen LogP) is 0.0530. The number of carbonyl (C=O) groups is 3. The maximum absolute atomic E-state index is 11.5. The molecular formula is C23H31N5O8S. The number of anilines is 1. The number of carboxylic acids is 2. The topological polar surface area (TPSA) is 194 Å². The van der Waals surface area contributed by atoms with Gasteiger partial charge in [0.15, 0.2) is 12.2 Å². The van der Waals surface area contributed by atoms with E-state index in [4.69, 9.17) is 25.2 Å². The maximum Gasteiger partial charge on any atom is 0.335 e. The van der Waals surface area contributed by atoms with E-state index < -0.39 is 24.1 Å². The van der Waals surface area contributed by atoms with Crippen LogP contribution in [0.4, 0.5) is 10.7 Å². The molecule has 3 rings (SSSR count). The second kappa shape index (κ2) is 15.6. The summed E-state index contributed by atoms with van der Waals surface area (Å²) < 4.78 is 8.01. The molecule has 13 nitrogen and oxygen atoms in total. The highest BCUT2D eigenvalue weighted by Gasteiger charge is 2.29. The summed E-state index contributed by atoms with van der Waals surface area (Å²) in [6.45, 7) is 3.66. The number of nitrogens with one attached hydrogen (secondary N) is 2. The number of rotatable bonds is 10. The van der Waals surface area contributed by atoms with Gasteiger partial charge < -0.3 is 35.4 Å². The van der Waals surface area contributed by atoms with Gasteiger partial charge in [0, 0.05) is 38.3 Å². The molecule has 14 heteroatoms. The third-order valence-corrected chi connectivity index (χ3v) is 5.52. The Kier molecular flexibility index (Phi) is 12.6. The number of hydrogen-bond acceptors (Lipinski definition) is 10. The number of benzene rings is 1. The van der Waals surface area contributed by atoms with Crippen molar-refractivity contribution in [2.24, 2.45) is 0 Å². The van der Waals surface area contributed by atoms with E-state index in [1.54, 1.807) is 0 Å². The van der Waals surface area contributed by atoms with E-state index in [1.165, 1.54) is 17.5 Å². The summed E-state index contributed by atoms with van der Waals surface area (Å²) in [5.74, 6) is -2.76. The van der Waals surface area contributed by atoms with Crippen LogP contribution in [0.3, 0.4) is 0 Å². The normalized spacial score (nSPS) is 14.5. The summed E-state index contributed by atoms with van der Waals surface area (Å²) in [5.41, 5.74) is 3.44. The van der Waals surface area contributed by atoms with E-state index in [-0.39, 0.29) is 6.03 Å². The Morgan fingerprint density at radius 2 is 1.57 bits per heavy atom. The molecule has 1 aliphatic rings. The molecule has 0 spiro atoms. The molecule has 2 amide bonds. The van der Waals surface area contributed by atoms with Crippen LogP contribution in [0.5, 0.6) is 0 Å². The van der Waals surface area contributed by atoms with Gasteiger partial charge in [-0.3, -0.25) is 4.72 Å². The van der Waals surface area contributed by atoms with Gasteiger partial charge in [0.05, 0.1) is 13.2 Å². The molecule has 1 aliphatic heterocycles. The highest BCUT2D eigenvalue weighted by atomic mass is 32.2. The van der Waals surface area contributed by atoms with Crippen LogP contribution in [-0.2, 0) is 33.7 Å². The van der Waals surface area contributed by atoms with E-state index in [1.807, 2.05) is 30.8 Å². The Balaban J connectivity index is 0.000000410. The third kappa shape index (κ3) is 10.6. The Morgan fingerprint density at radius 1 is 1.00 bits per heavy atom. The van der Waals surface area contributed by atoms with Crippen molar-refractivity contribution in [1.29, 1.82) is 0 Å². The van der Waals surface area contributed by atoms with E-state index >= 15 is 0 Å². The first kappa shape index (κ1) is 29.8. The number of aliphatic hydroxyl groups excluding tert-OH is 2. The number of aromatic nitrogens is 2. The van der Waals surface area contributed by atoms with Gasteiger partial charge in [0.1, 0.15) is 0 Å². The average Bonchev–Trinajstić information content (AvgIpc) is 2.91. The lowest BCUT2D eigenvalue weighted by Crippen LogP contribution is -2.39. The molecule has 0 saturated carbocycles. The lowest BCUT2D eigenvalue weighted by Gasteiger charge is -2.26. The van der Waals surface area contributed by atoms with Crippen LogP contribution in [0.2, 0.25) is 0 Å². The molecule has 0 radical (unpaired) electrons. The minimum Gasteiger partial charge on any atom is -0.479 e. The van der Waals surface area contributed by atoms with Gasteiger partial charge in [-0.05, 0) is 29.5 Å². The molecule has 6 N–H and O–H groups in total. The standard InChI is InChI=1S/C19H25N5O2S.C4H6O6/c1-27-23-19(25)22-12-16-4-2-3-15(11-16)5-6-17-13-20-18(21-14-17)24-7-9-26-10-8-24;5-1(3(7)8)2(6)4(9)10/h2-4,11,13-14H,5-10,12H2,1H3,(H2,22,23,25);1-2,5-6H,(H,7,8)(H,9,10)/t;1-,2-/m.1/s1. The number of aliphatic hydroxyl groups is 2. The molecule has 1 aromatic carbocycles. The zero-order valence-corrected chi connectivity index (χ0v) is 21.1. The summed E-state index contributed by atoms with van der Waals surface area (Å²) >= 11 is 1.28. The predicted molar refractivity (Wildman–Crippen MR) is 135 cm³/mol. The fourth-order valence-electron chi connectivity index (χ4n) is 3.17. The van der Waals surface area contributed by atoms with Crippen molar-refractivity contribution in [3.05, 3.63) is 53.3 Å². The molecule has 1 fully saturated rings. The van der Waals surface area contributed by atoms with Crippen molar-refractivity contribution in [3.8, 4) is 0 Å². The Bertz CT molecular complexity index is 1000. The van der Waals surface area contributed by atoms with Gasteiger partial charge in [0.2, 0.25) is 5.95 Å². The van der Waals surface area contributed by atoms with Crippen molar-refractivity contribution in [2.75, 3.05) is 37.5 Å². The SMILES string of the molecule is CSNC(=O)NCc1cccc(CCc2cnc(N3CCOCC3)nc2)c1.O=C(O)[C@H](O)[C@@H](O)C(=O)O. The number of carbonyl (C=O) groups excluding carboxylic acids is 1. The largest absolute Gasteiger partial charge is 0.479 e. The first-order valence-electron chi connectivity index (χ1n) is 11.3. The molecule has 2 heterocycles. The number of carboxylic acid groups (broad SMARTS) is 2. The van der Waals surface area contributed by atoms with Crippen molar-refractivity contribution in [1.82, 2.24) is 20.0 Å². The molecule has 0 unspecified atom stereocenters. The quantitative estimate of drug-likeness (QED) is 0.223. The van der Waals surface area contributed by atoms with Gasteiger partial charge in [0.25, 0.3) is 0 Å². The molecule has 202 valence electrons. The number of morpholine rings is 1. The van der Waals surface area contributed by atoms with E-state index in [0.29, 0.717) is 6.54 Å². The van der Waals surface area contributed by atoms with Crippen LogP contribution >= 0.6 is 11.9 Å². The molecule has 1 aromatic heterocycles. The number of aliphatic carboxylic acids is 2. The van der Waals surface area contributed by atoms with Crippen molar-refractivity contribution < 1.29 is 39.5 Å².